The van der Waals surface area contributed by atoms with Crippen molar-refractivity contribution in [3.05, 3.63) is 62.8 Å². The number of carbonyl (C=O) groups excluding carboxylic acids is 1. The highest BCUT2D eigenvalue weighted by atomic mass is 35.5. The molecule has 7 heteroatoms. The fourth-order valence-corrected chi connectivity index (χ4v) is 5.20. The van der Waals surface area contributed by atoms with E-state index in [4.69, 9.17) is 11.6 Å². The summed E-state index contributed by atoms with van der Waals surface area (Å²) in [4.78, 5) is 26.0. The van der Waals surface area contributed by atoms with Crippen LogP contribution in [0.3, 0.4) is 0 Å². The van der Waals surface area contributed by atoms with Crippen molar-refractivity contribution in [2.45, 2.75) is 66.1 Å². The van der Waals surface area contributed by atoms with Crippen LogP contribution >= 0.6 is 11.6 Å². The van der Waals surface area contributed by atoms with Gasteiger partial charge in [0.15, 0.2) is 0 Å². The molecular weight excluding hydrogens is 424 g/mol. The molecule has 4 rings (SSSR count). The Balaban J connectivity index is 1.59. The van der Waals surface area contributed by atoms with Gasteiger partial charge in [-0.05, 0) is 49.8 Å². The van der Waals surface area contributed by atoms with E-state index in [0.717, 1.165) is 35.2 Å². The van der Waals surface area contributed by atoms with Gasteiger partial charge in [0.1, 0.15) is 6.54 Å². The Bertz CT molecular complexity index is 1210. The molecule has 1 fully saturated rings. The molecule has 3 aromatic rings. The number of benzene rings is 1. The topological polar surface area (TPSA) is 68.9 Å². The Morgan fingerprint density at radius 3 is 2.75 bits per heavy atom. The maximum Gasteiger partial charge on any atom is 0.276 e. The highest BCUT2D eigenvalue weighted by Gasteiger charge is 2.28. The van der Waals surface area contributed by atoms with E-state index in [1.165, 1.54) is 11.1 Å². The van der Waals surface area contributed by atoms with Crippen molar-refractivity contribution in [2.75, 3.05) is 0 Å². The van der Waals surface area contributed by atoms with Crippen LogP contribution < -0.4 is 10.9 Å². The smallest absolute Gasteiger partial charge is 0.276 e. The minimum absolute atomic E-state index is 0.0651. The van der Waals surface area contributed by atoms with Gasteiger partial charge >= 0.3 is 0 Å². The third-order valence-corrected chi connectivity index (χ3v) is 7.42. The van der Waals surface area contributed by atoms with Gasteiger partial charge in [-0.2, -0.15) is 5.10 Å². The zero-order valence-corrected chi connectivity index (χ0v) is 19.9. The molecular formula is C25H31ClN4O2. The summed E-state index contributed by atoms with van der Waals surface area (Å²) in [6.45, 7) is 8.91. The molecule has 0 bridgehead atoms. The van der Waals surface area contributed by atoms with E-state index in [0.29, 0.717) is 28.8 Å². The normalized spacial score (nSPS) is 21.1. The monoisotopic (exact) mass is 454 g/mol. The minimum Gasteiger partial charge on any atom is -0.351 e. The lowest BCUT2D eigenvalue weighted by atomic mass is 9.78. The summed E-state index contributed by atoms with van der Waals surface area (Å²) in [7, 11) is 0. The first-order valence-electron chi connectivity index (χ1n) is 11.4. The van der Waals surface area contributed by atoms with Crippen LogP contribution in [0, 0.1) is 25.7 Å². The summed E-state index contributed by atoms with van der Waals surface area (Å²) in [5.41, 5.74) is 2.68. The summed E-state index contributed by atoms with van der Waals surface area (Å²) >= 11 is 6.14. The van der Waals surface area contributed by atoms with Gasteiger partial charge in [-0.25, -0.2) is 4.68 Å². The summed E-state index contributed by atoms with van der Waals surface area (Å²) in [6.07, 6.45) is 5.02. The number of nitrogens with one attached hydrogen (secondary N) is 1. The average Bonchev–Trinajstić information content (AvgIpc) is 2.98. The number of aromatic nitrogens is 3. The second-order valence-electron chi connectivity index (χ2n) is 9.22. The maximum atomic E-state index is 13.3. The highest BCUT2D eigenvalue weighted by Crippen LogP contribution is 2.29. The van der Waals surface area contributed by atoms with Gasteiger partial charge in [-0.3, -0.25) is 9.59 Å². The molecule has 2 aromatic heterocycles. The van der Waals surface area contributed by atoms with Crippen LogP contribution in [0.5, 0.6) is 0 Å². The van der Waals surface area contributed by atoms with Crippen molar-refractivity contribution in [2.24, 2.45) is 11.8 Å². The fraction of sp³-hybridized carbons (Fsp3) is 0.480. The van der Waals surface area contributed by atoms with E-state index in [-0.39, 0.29) is 24.1 Å². The maximum absolute atomic E-state index is 13.3. The van der Waals surface area contributed by atoms with Crippen molar-refractivity contribution in [1.82, 2.24) is 19.7 Å². The van der Waals surface area contributed by atoms with Gasteiger partial charge in [-0.1, -0.05) is 50.4 Å². The van der Waals surface area contributed by atoms with Crippen molar-refractivity contribution >= 4 is 28.3 Å². The molecule has 1 aromatic carbocycles. The molecule has 170 valence electrons. The third-order valence-electron chi connectivity index (χ3n) is 7.18. The van der Waals surface area contributed by atoms with Crippen molar-refractivity contribution in [3.63, 3.8) is 0 Å². The number of amides is 1. The molecule has 2 heterocycles. The Hall–Kier alpha value is -2.60. The Morgan fingerprint density at radius 2 is 2.00 bits per heavy atom. The summed E-state index contributed by atoms with van der Waals surface area (Å²) in [6, 6.07) is 7.88. The number of carbonyl (C=O) groups is 1. The Labute approximate surface area is 193 Å². The van der Waals surface area contributed by atoms with E-state index in [9.17, 15) is 9.59 Å². The van der Waals surface area contributed by atoms with Crippen LogP contribution in [0.4, 0.5) is 0 Å². The van der Waals surface area contributed by atoms with E-state index in [1.807, 2.05) is 38.1 Å². The van der Waals surface area contributed by atoms with Gasteiger partial charge < -0.3 is 9.88 Å². The lowest BCUT2D eigenvalue weighted by molar-refractivity contribution is -0.123. The highest BCUT2D eigenvalue weighted by molar-refractivity contribution is 6.30. The standard InChI is InChI=1S/C25H31ClN4O2/c1-15-7-5-10-22(16(15)2)28-23(31)14-30-25(32)24-18(4)29(17(3)21(24)12-27-30)13-19-8-6-9-20(26)11-19/h6,8-9,11-12,15-16,22H,5,7,10,13-14H2,1-4H3,(H,28,31). The van der Waals surface area contributed by atoms with Crippen molar-refractivity contribution < 1.29 is 4.79 Å². The number of aryl methyl sites for hydroxylation is 2. The predicted octanol–water partition coefficient (Wildman–Crippen LogP) is 4.46. The molecule has 0 saturated heterocycles. The van der Waals surface area contributed by atoms with Gasteiger partial charge in [0.25, 0.3) is 5.56 Å². The number of nitrogens with zero attached hydrogens (tertiary/aromatic N) is 3. The van der Waals surface area contributed by atoms with Gasteiger partial charge in [0.2, 0.25) is 5.91 Å². The van der Waals surface area contributed by atoms with Crippen LogP contribution in [-0.4, -0.2) is 26.3 Å². The summed E-state index contributed by atoms with van der Waals surface area (Å²) < 4.78 is 3.39. The lowest BCUT2D eigenvalue weighted by Gasteiger charge is -2.34. The van der Waals surface area contributed by atoms with E-state index >= 15 is 0 Å². The molecule has 0 radical (unpaired) electrons. The molecule has 1 aliphatic carbocycles. The zero-order valence-electron chi connectivity index (χ0n) is 19.2. The molecule has 1 N–H and O–H groups in total. The molecule has 1 aliphatic rings. The molecule has 0 spiro atoms. The van der Waals surface area contributed by atoms with Gasteiger partial charge in [0.05, 0.1) is 11.6 Å². The number of hydrogen-bond acceptors (Lipinski definition) is 3. The first-order chi connectivity index (χ1) is 15.3. The van der Waals surface area contributed by atoms with Crippen LogP contribution in [0.25, 0.3) is 10.8 Å². The molecule has 3 atom stereocenters. The van der Waals surface area contributed by atoms with Crippen LogP contribution in [0.15, 0.2) is 35.3 Å². The third kappa shape index (κ3) is 4.33. The Kier molecular flexibility index (Phi) is 6.42. The second kappa shape index (κ2) is 9.10. The molecule has 6 nitrogen and oxygen atoms in total. The second-order valence-corrected chi connectivity index (χ2v) is 9.66. The summed E-state index contributed by atoms with van der Waals surface area (Å²) in [5, 5.41) is 9.58. The number of halogens is 1. The molecule has 1 saturated carbocycles. The number of fused-ring (bicyclic) bond motifs is 1. The largest absolute Gasteiger partial charge is 0.351 e. The van der Waals surface area contributed by atoms with E-state index in [2.05, 4.69) is 28.8 Å². The zero-order chi connectivity index (χ0) is 23.0. The number of hydrogen-bond donors (Lipinski definition) is 1. The SMILES string of the molecule is Cc1c2cnn(CC(=O)NC3CCCC(C)C3C)c(=O)c2c(C)n1Cc1cccc(Cl)c1. The predicted molar refractivity (Wildman–Crippen MR) is 128 cm³/mol. The first-order valence-corrected chi connectivity index (χ1v) is 11.7. The Morgan fingerprint density at radius 1 is 1.22 bits per heavy atom. The van der Waals surface area contributed by atoms with Crippen LogP contribution in [0.1, 0.15) is 50.1 Å². The molecule has 0 aliphatic heterocycles. The van der Waals surface area contributed by atoms with Gasteiger partial charge in [-0.15, -0.1) is 0 Å². The van der Waals surface area contributed by atoms with E-state index in [1.54, 1.807) is 6.20 Å². The lowest BCUT2D eigenvalue weighted by Crippen LogP contribution is -2.45. The van der Waals surface area contributed by atoms with Crippen molar-refractivity contribution in [1.29, 1.82) is 0 Å². The molecule has 1 amide bonds. The molecule has 32 heavy (non-hydrogen) atoms. The first kappa shape index (κ1) is 22.6. The van der Waals surface area contributed by atoms with Crippen LogP contribution in [-0.2, 0) is 17.9 Å². The molecule has 3 unspecified atom stereocenters. The van der Waals surface area contributed by atoms with Crippen molar-refractivity contribution in [3.8, 4) is 0 Å². The fourth-order valence-electron chi connectivity index (χ4n) is 4.99. The van der Waals surface area contributed by atoms with Crippen LogP contribution in [0.2, 0.25) is 5.02 Å². The average molecular weight is 455 g/mol. The summed E-state index contributed by atoms with van der Waals surface area (Å²) in [5.74, 6) is 0.874. The van der Waals surface area contributed by atoms with Gasteiger partial charge in [0, 0.05) is 34.4 Å². The van der Waals surface area contributed by atoms with E-state index < -0.39 is 0 Å². The minimum atomic E-state index is -0.229. The quantitative estimate of drug-likeness (QED) is 0.618. The number of rotatable bonds is 5.